The quantitative estimate of drug-likeness (QED) is 0.233. The molecular weight excluding hydrogens is 490 g/mol. The lowest BCUT2D eigenvalue weighted by Crippen LogP contribution is -2.54. The molecule has 2 aromatic carbocycles. The molecule has 0 atom stereocenters. The van der Waals surface area contributed by atoms with E-state index in [0.717, 1.165) is 5.56 Å². The summed E-state index contributed by atoms with van der Waals surface area (Å²) in [5.41, 5.74) is 2.27. The van der Waals surface area contributed by atoms with Gasteiger partial charge in [0.05, 0.1) is 18.6 Å². The van der Waals surface area contributed by atoms with E-state index in [1.165, 1.54) is 29.7 Å². The lowest BCUT2D eigenvalue weighted by atomic mass is 9.98. The number of hydrogen-bond acceptors (Lipinski definition) is 10. The van der Waals surface area contributed by atoms with Crippen LogP contribution < -0.4 is 15.0 Å². The van der Waals surface area contributed by atoms with E-state index >= 15 is 0 Å². The summed E-state index contributed by atoms with van der Waals surface area (Å²) in [6.07, 6.45) is 1.01. The van der Waals surface area contributed by atoms with Crippen LogP contribution in [-0.2, 0) is 25.8 Å². The third kappa shape index (κ3) is 5.20. The molecule has 1 aromatic heterocycles. The Balaban J connectivity index is 1.33. The minimum atomic E-state index is -4.08. The minimum absolute atomic E-state index is 0.0312. The summed E-state index contributed by atoms with van der Waals surface area (Å²) in [5.74, 6) is 1.09. The van der Waals surface area contributed by atoms with Gasteiger partial charge >= 0.3 is 0 Å². The number of nitrogens with zero attached hydrogens (tertiary/aromatic N) is 2. The molecule has 0 radical (unpaired) electrons. The number of aromatic nitrogens is 2. The van der Waals surface area contributed by atoms with Gasteiger partial charge in [-0.2, -0.15) is 0 Å². The molecule has 12 heteroatoms. The number of aryl methyl sites for hydroxylation is 1. The molecule has 0 saturated carbocycles. The molecule has 1 fully saturated rings. The molecule has 1 aliphatic heterocycles. The fraction of sp³-hybridized carbons (Fsp3) is 0.375. The van der Waals surface area contributed by atoms with E-state index in [0.29, 0.717) is 42.7 Å². The van der Waals surface area contributed by atoms with Crippen molar-refractivity contribution >= 4 is 15.7 Å². The minimum Gasteiger partial charge on any atom is -0.497 e. The van der Waals surface area contributed by atoms with Gasteiger partial charge in [-0.3, -0.25) is 10.0 Å². The maximum Gasteiger partial charge on any atom is 0.265 e. The van der Waals surface area contributed by atoms with Crippen LogP contribution in [0.4, 0.5) is 0 Å². The molecule has 11 nitrogen and oxygen atoms in total. The van der Waals surface area contributed by atoms with Crippen molar-refractivity contribution in [1.29, 1.82) is 0 Å². The number of carbonyl (C=O) groups is 1. The highest BCUT2D eigenvalue weighted by Gasteiger charge is 2.52. The normalized spacial score (nSPS) is 15.3. The molecule has 1 saturated heterocycles. The van der Waals surface area contributed by atoms with Crippen LogP contribution >= 0.6 is 0 Å². The average Bonchev–Trinajstić information content (AvgIpc) is 3.40. The molecule has 2 heterocycles. The van der Waals surface area contributed by atoms with Gasteiger partial charge < -0.3 is 18.6 Å². The van der Waals surface area contributed by atoms with Gasteiger partial charge in [0.2, 0.25) is 11.8 Å². The Morgan fingerprint density at radius 1 is 1.11 bits per heavy atom. The molecule has 192 valence electrons. The van der Waals surface area contributed by atoms with Crippen LogP contribution in [0, 0.1) is 0 Å². The molecule has 2 N–H and O–H groups in total. The largest absolute Gasteiger partial charge is 0.497 e. The van der Waals surface area contributed by atoms with Gasteiger partial charge in [-0.1, -0.05) is 6.07 Å². The third-order valence-corrected chi connectivity index (χ3v) is 8.57. The number of amides is 1. The smallest absolute Gasteiger partial charge is 0.265 e. The number of rotatable bonds is 10. The predicted octanol–water partition coefficient (Wildman–Crippen LogP) is 2.59. The van der Waals surface area contributed by atoms with Crippen LogP contribution in [0.2, 0.25) is 0 Å². The second kappa shape index (κ2) is 11.1. The number of nitrogens with one attached hydrogen (secondary N) is 1. The lowest BCUT2D eigenvalue weighted by molar-refractivity contribution is -0.134. The Bertz CT molecular complexity index is 1280. The summed E-state index contributed by atoms with van der Waals surface area (Å²) >= 11 is 0. The number of ether oxygens (including phenoxy) is 3. The summed E-state index contributed by atoms with van der Waals surface area (Å²) in [6, 6.07) is 13.2. The first-order valence-corrected chi connectivity index (χ1v) is 12.8. The van der Waals surface area contributed by atoms with E-state index in [1.807, 2.05) is 24.3 Å². The summed E-state index contributed by atoms with van der Waals surface area (Å²) in [5, 5.41) is 17.3. The zero-order valence-corrected chi connectivity index (χ0v) is 20.5. The zero-order valence-electron chi connectivity index (χ0n) is 19.7. The van der Waals surface area contributed by atoms with Gasteiger partial charge in [0.25, 0.3) is 5.91 Å². The van der Waals surface area contributed by atoms with E-state index in [2.05, 4.69) is 10.2 Å². The second-order valence-corrected chi connectivity index (χ2v) is 10.5. The van der Waals surface area contributed by atoms with Crippen molar-refractivity contribution in [2.24, 2.45) is 0 Å². The molecule has 4 rings (SSSR count). The molecular formula is C24H27N3O8S. The van der Waals surface area contributed by atoms with E-state index in [-0.39, 0.29) is 31.0 Å². The second-order valence-electron chi connectivity index (χ2n) is 8.21. The topological polar surface area (TPSA) is 150 Å². The van der Waals surface area contributed by atoms with Gasteiger partial charge in [0, 0.05) is 25.2 Å². The molecule has 1 aliphatic rings. The van der Waals surface area contributed by atoms with E-state index in [9.17, 15) is 13.2 Å². The molecule has 3 aromatic rings. The van der Waals surface area contributed by atoms with Crippen LogP contribution in [0.15, 0.2) is 57.8 Å². The van der Waals surface area contributed by atoms with Gasteiger partial charge in [-0.15, -0.1) is 10.2 Å². The first-order chi connectivity index (χ1) is 17.4. The van der Waals surface area contributed by atoms with Crippen LogP contribution in [0.5, 0.6) is 11.5 Å². The lowest BCUT2D eigenvalue weighted by Gasteiger charge is -2.34. The molecule has 0 unspecified atom stereocenters. The highest BCUT2D eigenvalue weighted by atomic mass is 32.2. The summed E-state index contributed by atoms with van der Waals surface area (Å²) in [4.78, 5) is 12.3. The monoisotopic (exact) mass is 517 g/mol. The fourth-order valence-electron chi connectivity index (χ4n) is 4.00. The Labute approximate surface area is 208 Å². The Morgan fingerprint density at radius 2 is 1.86 bits per heavy atom. The van der Waals surface area contributed by atoms with Crippen LogP contribution in [0.25, 0.3) is 11.5 Å². The Kier molecular flexibility index (Phi) is 7.87. The van der Waals surface area contributed by atoms with Crippen molar-refractivity contribution in [3.63, 3.8) is 0 Å². The maximum absolute atomic E-state index is 13.3. The predicted molar refractivity (Wildman–Crippen MR) is 126 cm³/mol. The number of methoxy groups -OCH3 is 1. The van der Waals surface area contributed by atoms with Crippen LogP contribution in [0.3, 0.4) is 0 Å². The molecule has 0 aliphatic carbocycles. The number of sulfone groups is 1. The van der Waals surface area contributed by atoms with Crippen molar-refractivity contribution in [3.05, 3.63) is 54.4 Å². The van der Waals surface area contributed by atoms with Crippen LogP contribution in [-0.4, -0.2) is 61.4 Å². The van der Waals surface area contributed by atoms with Crippen molar-refractivity contribution in [1.82, 2.24) is 15.7 Å². The van der Waals surface area contributed by atoms with E-state index < -0.39 is 20.5 Å². The molecule has 1 amide bonds. The summed E-state index contributed by atoms with van der Waals surface area (Å²) in [6.45, 7) is 0.557. The highest BCUT2D eigenvalue weighted by molar-refractivity contribution is 7.93. The number of hydroxylamine groups is 1. The molecule has 0 spiro atoms. The van der Waals surface area contributed by atoms with E-state index in [1.54, 1.807) is 7.11 Å². The molecule has 36 heavy (non-hydrogen) atoms. The standard InChI is InChI=1S/C24H27N3O8S/c1-32-19-5-2-4-17(16-19)22-26-25-21(35-22)6-3-13-34-18-7-9-20(10-8-18)36(30,31)24(23(28)27-29)11-14-33-15-12-24/h2,4-5,7-10,16,29H,3,6,11-15H2,1H3,(H,27,28). The van der Waals surface area contributed by atoms with Crippen LogP contribution in [0.1, 0.15) is 25.2 Å². The fourth-order valence-corrected chi connectivity index (χ4v) is 5.94. The zero-order chi connectivity index (χ0) is 25.6. The van der Waals surface area contributed by atoms with Crippen molar-refractivity contribution < 1.29 is 37.0 Å². The van der Waals surface area contributed by atoms with Gasteiger partial charge in [0.1, 0.15) is 11.5 Å². The number of benzene rings is 2. The molecule has 0 bridgehead atoms. The summed E-state index contributed by atoms with van der Waals surface area (Å²) < 4.78 is 46.6. The highest BCUT2D eigenvalue weighted by Crippen LogP contribution is 2.35. The average molecular weight is 518 g/mol. The number of carbonyl (C=O) groups excluding carboxylic acids is 1. The van der Waals surface area contributed by atoms with E-state index in [4.69, 9.17) is 23.8 Å². The SMILES string of the molecule is COc1cccc(-c2nnc(CCCOc3ccc(S(=O)(=O)C4(C(=O)NO)CCOCC4)cc3)o2)c1. The van der Waals surface area contributed by atoms with Gasteiger partial charge in [0.15, 0.2) is 14.6 Å². The first kappa shape index (κ1) is 25.6. The van der Waals surface area contributed by atoms with Gasteiger partial charge in [-0.05, 0) is 61.7 Å². The third-order valence-electron chi connectivity index (χ3n) is 6.05. The number of hydrogen-bond donors (Lipinski definition) is 2. The van der Waals surface area contributed by atoms with Crippen molar-refractivity contribution in [3.8, 4) is 23.0 Å². The summed E-state index contributed by atoms with van der Waals surface area (Å²) in [7, 11) is -2.49. The maximum atomic E-state index is 13.3. The Hall–Kier alpha value is -3.48. The first-order valence-electron chi connectivity index (χ1n) is 11.4. The van der Waals surface area contributed by atoms with Crippen molar-refractivity contribution in [2.45, 2.75) is 35.3 Å². The van der Waals surface area contributed by atoms with Gasteiger partial charge in [-0.25, -0.2) is 13.9 Å². The Morgan fingerprint density at radius 3 is 2.56 bits per heavy atom. The van der Waals surface area contributed by atoms with Crippen molar-refractivity contribution in [2.75, 3.05) is 26.9 Å².